The number of anilines is 2. The number of ether oxygens (including phenoxy) is 1. The number of nitrogens with zero attached hydrogens (tertiary/aromatic N) is 3. The monoisotopic (exact) mass is 386 g/mol. The van der Waals surface area contributed by atoms with E-state index in [9.17, 15) is 13.6 Å². The van der Waals surface area contributed by atoms with Gasteiger partial charge in [0.15, 0.2) is 11.6 Å². The summed E-state index contributed by atoms with van der Waals surface area (Å²) >= 11 is 0. The summed E-state index contributed by atoms with van der Waals surface area (Å²) < 4.78 is 34.4. The van der Waals surface area contributed by atoms with Crippen molar-refractivity contribution in [1.82, 2.24) is 9.38 Å². The van der Waals surface area contributed by atoms with Crippen LogP contribution < -0.4 is 15.8 Å². The Balaban J connectivity index is 1.74. The first-order valence-corrected chi connectivity index (χ1v) is 9.10. The van der Waals surface area contributed by atoms with Gasteiger partial charge in [0.25, 0.3) is 5.56 Å². The largest absolute Gasteiger partial charge is 0.378 e. The van der Waals surface area contributed by atoms with Crippen molar-refractivity contribution in [3.8, 4) is 0 Å². The number of aromatic nitrogens is 2. The molecule has 0 bridgehead atoms. The Morgan fingerprint density at radius 3 is 2.75 bits per heavy atom. The third kappa shape index (κ3) is 3.43. The fraction of sp³-hybridized carbons (Fsp3) is 0.300. The van der Waals surface area contributed by atoms with E-state index in [1.165, 1.54) is 22.6 Å². The summed E-state index contributed by atoms with van der Waals surface area (Å²) in [5, 5.41) is 2.97. The average Bonchev–Trinajstić information content (AvgIpc) is 2.71. The molecule has 6 nitrogen and oxygen atoms in total. The second kappa shape index (κ2) is 7.55. The molecule has 1 aromatic carbocycles. The van der Waals surface area contributed by atoms with Gasteiger partial charge in [-0.2, -0.15) is 0 Å². The molecular weight excluding hydrogens is 366 g/mol. The van der Waals surface area contributed by atoms with Gasteiger partial charge in [0.2, 0.25) is 0 Å². The SMILES string of the molecule is CC(Nc1cccc(F)c1F)c1cccn2c(=O)cc(N3CCOCC3)nc12. The molecule has 1 aliphatic heterocycles. The van der Waals surface area contributed by atoms with Gasteiger partial charge in [0, 0.05) is 30.9 Å². The van der Waals surface area contributed by atoms with Crippen LogP contribution in [-0.4, -0.2) is 35.7 Å². The topological polar surface area (TPSA) is 58.9 Å². The number of hydrogen-bond donors (Lipinski definition) is 1. The van der Waals surface area contributed by atoms with Gasteiger partial charge >= 0.3 is 0 Å². The minimum Gasteiger partial charge on any atom is -0.378 e. The Bertz CT molecular complexity index is 1060. The minimum absolute atomic E-state index is 0.0567. The lowest BCUT2D eigenvalue weighted by atomic mass is 10.1. The molecule has 0 aliphatic carbocycles. The minimum atomic E-state index is -0.936. The summed E-state index contributed by atoms with van der Waals surface area (Å²) in [6.07, 6.45) is 1.65. The van der Waals surface area contributed by atoms with E-state index in [-0.39, 0.29) is 11.2 Å². The molecule has 1 atom stereocenters. The molecule has 3 aromatic rings. The zero-order valence-corrected chi connectivity index (χ0v) is 15.4. The molecule has 1 unspecified atom stereocenters. The van der Waals surface area contributed by atoms with Crippen molar-refractivity contribution in [2.75, 3.05) is 36.5 Å². The predicted octanol–water partition coefficient (Wildman–Crippen LogP) is 2.98. The van der Waals surface area contributed by atoms with Crippen LogP contribution in [0.3, 0.4) is 0 Å². The molecule has 1 fully saturated rings. The highest BCUT2D eigenvalue weighted by molar-refractivity contribution is 5.57. The number of rotatable bonds is 4. The molecule has 3 heterocycles. The number of morpholine rings is 1. The summed E-state index contributed by atoms with van der Waals surface area (Å²) in [6.45, 7) is 4.30. The van der Waals surface area contributed by atoms with Crippen LogP contribution in [0, 0.1) is 11.6 Å². The average molecular weight is 386 g/mol. The van der Waals surface area contributed by atoms with E-state index in [2.05, 4.69) is 10.3 Å². The standard InChI is InChI=1S/C20H20F2N4O2/c1-13(23-16-6-2-5-15(21)19(16)22)14-4-3-7-26-18(27)12-17(24-20(14)26)25-8-10-28-11-9-25/h2-7,12-13,23H,8-11H2,1H3. The molecule has 0 spiro atoms. The predicted molar refractivity (Wildman–Crippen MR) is 103 cm³/mol. The molecule has 1 N–H and O–H groups in total. The van der Waals surface area contributed by atoms with Gasteiger partial charge in [0.05, 0.1) is 24.9 Å². The molecule has 2 aromatic heterocycles. The normalized spacial score (nSPS) is 15.6. The summed E-state index contributed by atoms with van der Waals surface area (Å²) in [5.41, 5.74) is 1.05. The van der Waals surface area contributed by atoms with E-state index in [4.69, 9.17) is 4.74 Å². The zero-order chi connectivity index (χ0) is 19.7. The quantitative estimate of drug-likeness (QED) is 0.747. The van der Waals surface area contributed by atoms with Gasteiger partial charge in [-0.15, -0.1) is 0 Å². The first-order valence-electron chi connectivity index (χ1n) is 9.10. The van der Waals surface area contributed by atoms with Crippen molar-refractivity contribution >= 4 is 17.2 Å². The lowest BCUT2D eigenvalue weighted by molar-refractivity contribution is 0.122. The smallest absolute Gasteiger partial charge is 0.259 e. The van der Waals surface area contributed by atoms with Crippen LogP contribution in [-0.2, 0) is 4.74 Å². The van der Waals surface area contributed by atoms with Gasteiger partial charge in [-0.25, -0.2) is 13.8 Å². The summed E-state index contributed by atoms with van der Waals surface area (Å²) in [5.74, 6) is -1.27. The lowest BCUT2D eigenvalue weighted by Crippen LogP contribution is -2.37. The van der Waals surface area contributed by atoms with Crippen molar-refractivity contribution in [2.24, 2.45) is 0 Å². The van der Waals surface area contributed by atoms with Crippen LogP contribution in [0.1, 0.15) is 18.5 Å². The maximum Gasteiger partial charge on any atom is 0.259 e. The summed E-state index contributed by atoms with van der Waals surface area (Å²) in [7, 11) is 0. The molecule has 1 aliphatic rings. The Morgan fingerprint density at radius 1 is 1.18 bits per heavy atom. The highest BCUT2D eigenvalue weighted by atomic mass is 19.2. The molecular formula is C20H20F2N4O2. The van der Waals surface area contributed by atoms with E-state index < -0.39 is 17.7 Å². The number of fused-ring (bicyclic) bond motifs is 1. The molecule has 0 saturated carbocycles. The molecule has 4 rings (SSSR count). The number of benzene rings is 1. The fourth-order valence-electron chi connectivity index (χ4n) is 3.35. The number of halogens is 2. The van der Waals surface area contributed by atoms with Crippen LogP contribution in [0.25, 0.3) is 5.65 Å². The van der Waals surface area contributed by atoms with Crippen molar-refractivity contribution < 1.29 is 13.5 Å². The van der Waals surface area contributed by atoms with Crippen LogP contribution >= 0.6 is 0 Å². The van der Waals surface area contributed by atoms with Gasteiger partial charge in [-0.3, -0.25) is 9.20 Å². The fourth-order valence-corrected chi connectivity index (χ4v) is 3.35. The van der Waals surface area contributed by atoms with Gasteiger partial charge in [-0.1, -0.05) is 12.1 Å². The van der Waals surface area contributed by atoms with Crippen LogP contribution in [0.5, 0.6) is 0 Å². The first-order chi connectivity index (χ1) is 13.5. The molecule has 28 heavy (non-hydrogen) atoms. The van der Waals surface area contributed by atoms with E-state index in [1.807, 2.05) is 17.9 Å². The van der Waals surface area contributed by atoms with E-state index in [0.29, 0.717) is 43.3 Å². The van der Waals surface area contributed by atoms with E-state index >= 15 is 0 Å². The van der Waals surface area contributed by atoms with Crippen LogP contribution in [0.4, 0.5) is 20.3 Å². The third-order valence-corrected chi connectivity index (χ3v) is 4.83. The summed E-state index contributed by atoms with van der Waals surface area (Å²) in [4.78, 5) is 19.3. The number of nitrogens with one attached hydrogen (secondary N) is 1. The third-order valence-electron chi connectivity index (χ3n) is 4.83. The van der Waals surface area contributed by atoms with E-state index in [0.717, 1.165) is 6.07 Å². The van der Waals surface area contributed by atoms with Crippen LogP contribution in [0.15, 0.2) is 47.4 Å². The molecule has 0 amide bonds. The van der Waals surface area contributed by atoms with E-state index in [1.54, 1.807) is 12.3 Å². The van der Waals surface area contributed by atoms with Crippen molar-refractivity contribution in [2.45, 2.75) is 13.0 Å². The zero-order valence-electron chi connectivity index (χ0n) is 15.4. The van der Waals surface area contributed by atoms with Crippen molar-refractivity contribution in [1.29, 1.82) is 0 Å². The lowest BCUT2D eigenvalue weighted by Gasteiger charge is -2.28. The number of pyridine rings is 1. The Labute approximate surface area is 160 Å². The van der Waals surface area contributed by atoms with Gasteiger partial charge < -0.3 is 15.0 Å². The van der Waals surface area contributed by atoms with Crippen LogP contribution in [0.2, 0.25) is 0 Å². The first kappa shape index (κ1) is 18.4. The Hall–Kier alpha value is -3.00. The second-order valence-corrected chi connectivity index (χ2v) is 6.68. The highest BCUT2D eigenvalue weighted by Gasteiger charge is 2.18. The molecule has 0 radical (unpaired) electrons. The van der Waals surface area contributed by atoms with Gasteiger partial charge in [0.1, 0.15) is 11.5 Å². The maximum atomic E-state index is 14.0. The van der Waals surface area contributed by atoms with Crippen molar-refractivity contribution in [3.05, 3.63) is 70.1 Å². The second-order valence-electron chi connectivity index (χ2n) is 6.68. The Morgan fingerprint density at radius 2 is 1.96 bits per heavy atom. The Kier molecular flexibility index (Phi) is 4.95. The maximum absolute atomic E-state index is 14.0. The molecule has 146 valence electrons. The number of hydrogen-bond acceptors (Lipinski definition) is 5. The molecule has 1 saturated heterocycles. The molecule has 8 heteroatoms. The highest BCUT2D eigenvalue weighted by Crippen LogP contribution is 2.25. The van der Waals surface area contributed by atoms with Gasteiger partial charge in [-0.05, 0) is 25.1 Å². The summed E-state index contributed by atoms with van der Waals surface area (Å²) in [6, 6.07) is 8.64. The van der Waals surface area contributed by atoms with Crippen molar-refractivity contribution in [3.63, 3.8) is 0 Å².